The van der Waals surface area contributed by atoms with Crippen LogP contribution in [0, 0.1) is 6.92 Å². The number of hydrogen-bond acceptors (Lipinski definition) is 1. The van der Waals surface area contributed by atoms with Crippen molar-refractivity contribution < 1.29 is 0 Å². The Morgan fingerprint density at radius 3 is 2.86 bits per heavy atom. The van der Waals surface area contributed by atoms with E-state index in [2.05, 4.69) is 27.0 Å². The van der Waals surface area contributed by atoms with Gasteiger partial charge in [0.05, 0.1) is 5.52 Å². The van der Waals surface area contributed by atoms with Crippen LogP contribution in [0.3, 0.4) is 0 Å². The number of aromatic nitrogens is 1. The topological polar surface area (TPSA) is 12.9 Å². The first-order chi connectivity index (χ1) is 6.70. The summed E-state index contributed by atoms with van der Waals surface area (Å²) in [4.78, 5) is 4.45. The maximum absolute atomic E-state index is 5.94. The van der Waals surface area contributed by atoms with E-state index in [4.69, 9.17) is 11.6 Å². The molecule has 1 aromatic carbocycles. The summed E-state index contributed by atoms with van der Waals surface area (Å²) in [6.45, 7) is 2.00. The first-order valence-corrected chi connectivity index (χ1v) is 5.82. The van der Waals surface area contributed by atoms with E-state index in [1.54, 1.807) is 0 Å². The number of pyridine rings is 1. The van der Waals surface area contributed by atoms with E-state index in [1.807, 2.05) is 25.1 Å². The SMILES string of the molecule is Cc1cc(CBr)c2cc(Cl)ccc2n1. The van der Waals surface area contributed by atoms with Gasteiger partial charge in [-0.1, -0.05) is 27.5 Å². The summed E-state index contributed by atoms with van der Waals surface area (Å²) in [5, 5.41) is 2.71. The summed E-state index contributed by atoms with van der Waals surface area (Å²) in [7, 11) is 0. The summed E-state index contributed by atoms with van der Waals surface area (Å²) in [5.41, 5.74) is 3.27. The number of nitrogens with zero attached hydrogens (tertiary/aromatic N) is 1. The Morgan fingerprint density at radius 1 is 1.36 bits per heavy atom. The van der Waals surface area contributed by atoms with Gasteiger partial charge in [0.25, 0.3) is 0 Å². The minimum absolute atomic E-state index is 0.755. The molecule has 0 radical (unpaired) electrons. The molecule has 1 nitrogen and oxygen atoms in total. The molecule has 2 aromatic rings. The molecule has 1 heterocycles. The van der Waals surface area contributed by atoms with Crippen molar-refractivity contribution in [2.75, 3.05) is 0 Å². The molecule has 0 saturated heterocycles. The Morgan fingerprint density at radius 2 is 2.14 bits per heavy atom. The van der Waals surface area contributed by atoms with Crippen molar-refractivity contribution in [3.8, 4) is 0 Å². The molecule has 0 unspecified atom stereocenters. The van der Waals surface area contributed by atoms with Gasteiger partial charge in [0.15, 0.2) is 0 Å². The number of alkyl halides is 1. The van der Waals surface area contributed by atoms with Crippen LogP contribution in [0.5, 0.6) is 0 Å². The molecule has 0 aliphatic heterocycles. The number of benzene rings is 1. The average molecular weight is 271 g/mol. The third kappa shape index (κ3) is 1.77. The number of halogens is 2. The molecular weight excluding hydrogens is 261 g/mol. The van der Waals surface area contributed by atoms with Crippen molar-refractivity contribution in [3.63, 3.8) is 0 Å². The third-order valence-electron chi connectivity index (χ3n) is 2.13. The fraction of sp³-hybridized carbons (Fsp3) is 0.182. The minimum atomic E-state index is 0.755. The molecule has 0 N–H and O–H groups in total. The second kappa shape index (κ2) is 3.87. The fourth-order valence-electron chi connectivity index (χ4n) is 1.53. The third-order valence-corrected chi connectivity index (χ3v) is 2.97. The Kier molecular flexibility index (Phi) is 2.75. The molecule has 14 heavy (non-hydrogen) atoms. The first kappa shape index (κ1) is 9.94. The van der Waals surface area contributed by atoms with Crippen LogP contribution in [-0.4, -0.2) is 4.98 Å². The van der Waals surface area contributed by atoms with Gasteiger partial charge in [0.2, 0.25) is 0 Å². The van der Waals surface area contributed by atoms with Gasteiger partial charge in [-0.3, -0.25) is 4.98 Å². The lowest BCUT2D eigenvalue weighted by molar-refractivity contribution is 1.23. The zero-order valence-electron chi connectivity index (χ0n) is 7.72. The molecule has 2 rings (SSSR count). The van der Waals surface area contributed by atoms with Crippen LogP contribution >= 0.6 is 27.5 Å². The van der Waals surface area contributed by atoms with E-state index in [-0.39, 0.29) is 0 Å². The predicted octanol–water partition coefficient (Wildman–Crippen LogP) is 4.09. The monoisotopic (exact) mass is 269 g/mol. The second-order valence-electron chi connectivity index (χ2n) is 3.22. The summed E-state index contributed by atoms with van der Waals surface area (Å²) < 4.78 is 0. The van der Waals surface area contributed by atoms with Crippen molar-refractivity contribution in [2.24, 2.45) is 0 Å². The van der Waals surface area contributed by atoms with Gasteiger partial charge >= 0.3 is 0 Å². The zero-order valence-corrected chi connectivity index (χ0v) is 10.1. The highest BCUT2D eigenvalue weighted by atomic mass is 79.9. The molecule has 0 spiro atoms. The molecule has 0 fully saturated rings. The van der Waals surface area contributed by atoms with Crippen molar-refractivity contribution in [1.82, 2.24) is 4.98 Å². The molecule has 0 saturated carbocycles. The fourth-order valence-corrected chi connectivity index (χ4v) is 2.16. The lowest BCUT2D eigenvalue weighted by Gasteiger charge is -2.05. The van der Waals surface area contributed by atoms with Crippen LogP contribution < -0.4 is 0 Å². The van der Waals surface area contributed by atoms with Crippen LogP contribution in [0.4, 0.5) is 0 Å². The van der Waals surface area contributed by atoms with E-state index in [0.29, 0.717) is 0 Å². The van der Waals surface area contributed by atoms with E-state index >= 15 is 0 Å². The summed E-state index contributed by atoms with van der Waals surface area (Å²) in [6, 6.07) is 7.86. The second-order valence-corrected chi connectivity index (χ2v) is 4.22. The van der Waals surface area contributed by atoms with Crippen molar-refractivity contribution in [3.05, 3.63) is 40.5 Å². The van der Waals surface area contributed by atoms with Gasteiger partial charge in [-0.15, -0.1) is 0 Å². The molecule has 0 amide bonds. The van der Waals surface area contributed by atoms with Gasteiger partial charge < -0.3 is 0 Å². The summed E-state index contributed by atoms with van der Waals surface area (Å²) in [5.74, 6) is 0. The summed E-state index contributed by atoms with van der Waals surface area (Å²) in [6.07, 6.45) is 0. The van der Waals surface area contributed by atoms with E-state index in [1.165, 1.54) is 5.56 Å². The van der Waals surface area contributed by atoms with Gasteiger partial charge in [0, 0.05) is 21.4 Å². The molecule has 3 heteroatoms. The molecule has 1 aromatic heterocycles. The van der Waals surface area contributed by atoms with Crippen LogP contribution in [0.25, 0.3) is 10.9 Å². The Balaban J connectivity index is 2.81. The molecule has 0 bridgehead atoms. The minimum Gasteiger partial charge on any atom is -0.253 e. The van der Waals surface area contributed by atoms with E-state index < -0.39 is 0 Å². The maximum Gasteiger partial charge on any atom is 0.0709 e. The van der Waals surface area contributed by atoms with Crippen LogP contribution in [0.2, 0.25) is 5.02 Å². The molecule has 0 aliphatic rings. The normalized spacial score (nSPS) is 10.8. The number of aryl methyl sites for hydroxylation is 1. The summed E-state index contributed by atoms with van der Waals surface area (Å²) >= 11 is 9.41. The standard InChI is InChI=1S/C11H9BrClN/c1-7-4-8(6-12)10-5-9(13)2-3-11(10)14-7/h2-5H,6H2,1H3. The zero-order chi connectivity index (χ0) is 10.1. The van der Waals surface area contributed by atoms with Gasteiger partial charge in [-0.25, -0.2) is 0 Å². The van der Waals surface area contributed by atoms with E-state index in [9.17, 15) is 0 Å². The maximum atomic E-state index is 5.94. The van der Waals surface area contributed by atoms with Gasteiger partial charge in [-0.2, -0.15) is 0 Å². The lowest BCUT2D eigenvalue weighted by Crippen LogP contribution is -1.89. The quantitative estimate of drug-likeness (QED) is 0.711. The molecule has 0 atom stereocenters. The number of rotatable bonds is 1. The molecule has 0 aliphatic carbocycles. The Bertz CT molecular complexity index is 482. The van der Waals surface area contributed by atoms with Crippen molar-refractivity contribution in [1.29, 1.82) is 0 Å². The van der Waals surface area contributed by atoms with Crippen LogP contribution in [-0.2, 0) is 5.33 Å². The molecule has 72 valence electrons. The van der Waals surface area contributed by atoms with E-state index in [0.717, 1.165) is 26.9 Å². The number of fused-ring (bicyclic) bond motifs is 1. The van der Waals surface area contributed by atoms with Gasteiger partial charge in [0.1, 0.15) is 0 Å². The van der Waals surface area contributed by atoms with Crippen LogP contribution in [0.1, 0.15) is 11.3 Å². The highest BCUT2D eigenvalue weighted by Gasteiger charge is 2.03. The van der Waals surface area contributed by atoms with Crippen molar-refractivity contribution >= 4 is 38.4 Å². The number of hydrogen-bond donors (Lipinski definition) is 0. The predicted molar refractivity (Wildman–Crippen MR) is 64.1 cm³/mol. The largest absolute Gasteiger partial charge is 0.253 e. The smallest absolute Gasteiger partial charge is 0.0709 e. The Labute approximate surface area is 96.2 Å². The highest BCUT2D eigenvalue weighted by molar-refractivity contribution is 9.08. The lowest BCUT2D eigenvalue weighted by atomic mass is 10.1. The van der Waals surface area contributed by atoms with Crippen LogP contribution in [0.15, 0.2) is 24.3 Å². The van der Waals surface area contributed by atoms with Gasteiger partial charge in [-0.05, 0) is 36.8 Å². The first-order valence-electron chi connectivity index (χ1n) is 4.32. The average Bonchev–Trinajstić information content (AvgIpc) is 2.17. The highest BCUT2D eigenvalue weighted by Crippen LogP contribution is 2.23. The van der Waals surface area contributed by atoms with Crippen molar-refractivity contribution in [2.45, 2.75) is 12.3 Å². The molecular formula is C11H9BrClN. The Hall–Kier alpha value is -0.600.